The Morgan fingerprint density at radius 2 is 1.95 bits per heavy atom. The summed E-state index contributed by atoms with van der Waals surface area (Å²) in [6, 6.07) is 0. The molecule has 0 radical (unpaired) electrons. The minimum absolute atomic E-state index is 0.200. The van der Waals surface area contributed by atoms with E-state index in [2.05, 4.69) is 23.7 Å². The van der Waals surface area contributed by atoms with Gasteiger partial charge in [0.25, 0.3) is 0 Å². The number of hydrogen-bond donors (Lipinski definition) is 0. The minimum atomic E-state index is -0.200. The van der Waals surface area contributed by atoms with Gasteiger partial charge in [-0.1, -0.05) is 0 Å². The first-order valence-corrected chi connectivity index (χ1v) is 7.58. The van der Waals surface area contributed by atoms with Crippen LogP contribution in [0, 0.1) is 0 Å². The molecule has 106 valence electrons. The maximum atomic E-state index is 5.74. The number of hydrogen-bond acceptors (Lipinski definition) is 6. The summed E-state index contributed by atoms with van der Waals surface area (Å²) in [4.78, 5) is 7.95. The Morgan fingerprint density at radius 3 is 2.63 bits per heavy atom. The van der Waals surface area contributed by atoms with Gasteiger partial charge < -0.3 is 14.2 Å². The lowest BCUT2D eigenvalue weighted by Gasteiger charge is -2.34. The second-order valence-electron chi connectivity index (χ2n) is 5.18. The van der Waals surface area contributed by atoms with Crippen molar-refractivity contribution in [3.05, 3.63) is 16.1 Å². The third kappa shape index (κ3) is 3.32. The third-order valence-corrected chi connectivity index (χ3v) is 4.28. The van der Waals surface area contributed by atoms with Gasteiger partial charge in [-0.05, 0) is 13.8 Å². The van der Waals surface area contributed by atoms with Crippen LogP contribution in [-0.4, -0.2) is 48.4 Å². The lowest BCUT2D eigenvalue weighted by atomic mass is 10.2. The second kappa shape index (κ2) is 5.85. The average Bonchev–Trinajstić information content (AvgIpc) is 2.96. The molecule has 3 heterocycles. The van der Waals surface area contributed by atoms with Gasteiger partial charge in [0.1, 0.15) is 5.01 Å². The number of nitrogens with zero attached hydrogens (tertiary/aromatic N) is 2. The van der Waals surface area contributed by atoms with E-state index in [1.165, 1.54) is 0 Å². The fourth-order valence-electron chi connectivity index (χ4n) is 2.63. The molecule has 2 unspecified atom stereocenters. The van der Waals surface area contributed by atoms with E-state index in [4.69, 9.17) is 14.2 Å². The van der Waals surface area contributed by atoms with E-state index < -0.39 is 0 Å². The first-order valence-electron chi connectivity index (χ1n) is 6.76. The number of thiazole rings is 1. The summed E-state index contributed by atoms with van der Waals surface area (Å²) in [5.41, 5.74) is 0. The van der Waals surface area contributed by atoms with Gasteiger partial charge in [0.2, 0.25) is 0 Å². The molecule has 0 saturated carbocycles. The van der Waals surface area contributed by atoms with Crippen LogP contribution >= 0.6 is 11.3 Å². The first-order chi connectivity index (χ1) is 9.20. The van der Waals surface area contributed by atoms with Gasteiger partial charge >= 0.3 is 0 Å². The minimum Gasteiger partial charge on any atom is -0.373 e. The summed E-state index contributed by atoms with van der Waals surface area (Å²) >= 11 is 1.68. The molecular weight excluding hydrogens is 264 g/mol. The van der Waals surface area contributed by atoms with Crippen LogP contribution in [0.5, 0.6) is 0 Å². The van der Waals surface area contributed by atoms with Gasteiger partial charge in [0.15, 0.2) is 6.29 Å². The fraction of sp³-hybridized carbons (Fsp3) is 0.769. The van der Waals surface area contributed by atoms with Crippen molar-refractivity contribution < 1.29 is 14.2 Å². The molecule has 2 saturated heterocycles. The quantitative estimate of drug-likeness (QED) is 0.847. The molecule has 5 nitrogen and oxygen atoms in total. The van der Waals surface area contributed by atoms with Gasteiger partial charge in [-0.3, -0.25) is 4.90 Å². The molecule has 0 aliphatic carbocycles. The summed E-state index contributed by atoms with van der Waals surface area (Å²) in [7, 11) is 0. The maximum absolute atomic E-state index is 5.74. The lowest BCUT2D eigenvalue weighted by molar-refractivity contribution is -0.0705. The zero-order chi connectivity index (χ0) is 13.2. The van der Waals surface area contributed by atoms with Crippen LogP contribution in [0.1, 0.15) is 30.0 Å². The molecule has 2 fully saturated rings. The highest BCUT2D eigenvalue weighted by Crippen LogP contribution is 2.28. The molecule has 19 heavy (non-hydrogen) atoms. The molecule has 1 aromatic rings. The Bertz CT molecular complexity index is 410. The molecule has 0 N–H and O–H groups in total. The number of aromatic nitrogens is 1. The Kier molecular flexibility index (Phi) is 4.14. The van der Waals surface area contributed by atoms with Crippen molar-refractivity contribution in [2.24, 2.45) is 0 Å². The van der Waals surface area contributed by atoms with E-state index in [1.807, 2.05) is 6.20 Å². The summed E-state index contributed by atoms with van der Waals surface area (Å²) in [5, 5.41) is 1.12. The lowest BCUT2D eigenvalue weighted by Crippen LogP contribution is -2.44. The summed E-state index contributed by atoms with van der Waals surface area (Å²) in [6.07, 6.45) is 2.27. The number of morpholine rings is 1. The molecule has 0 spiro atoms. The van der Waals surface area contributed by atoms with Gasteiger partial charge in [0, 0.05) is 19.3 Å². The predicted molar refractivity (Wildman–Crippen MR) is 72.0 cm³/mol. The number of rotatable bonds is 3. The highest BCUT2D eigenvalue weighted by Gasteiger charge is 2.24. The molecular formula is C13H20N2O3S. The van der Waals surface area contributed by atoms with Gasteiger partial charge in [-0.15, -0.1) is 11.3 Å². The van der Waals surface area contributed by atoms with Crippen LogP contribution in [-0.2, 0) is 20.8 Å². The van der Waals surface area contributed by atoms with E-state index >= 15 is 0 Å². The van der Waals surface area contributed by atoms with Crippen LogP contribution in [0.25, 0.3) is 0 Å². The normalized spacial score (nSPS) is 30.0. The summed E-state index contributed by atoms with van der Waals surface area (Å²) in [6.45, 7) is 8.42. The molecule has 0 aromatic carbocycles. The largest absolute Gasteiger partial charge is 0.373 e. The van der Waals surface area contributed by atoms with Crippen LogP contribution in [0.3, 0.4) is 0 Å². The Hall–Kier alpha value is -0.530. The zero-order valence-electron chi connectivity index (χ0n) is 11.4. The molecule has 6 heteroatoms. The molecule has 1 aromatic heterocycles. The monoisotopic (exact) mass is 284 g/mol. The molecule has 0 amide bonds. The van der Waals surface area contributed by atoms with Gasteiger partial charge in [0.05, 0.1) is 36.8 Å². The second-order valence-corrected chi connectivity index (χ2v) is 6.33. The van der Waals surface area contributed by atoms with E-state index in [0.717, 1.165) is 29.5 Å². The van der Waals surface area contributed by atoms with Gasteiger partial charge in [-0.2, -0.15) is 0 Å². The van der Waals surface area contributed by atoms with Crippen LogP contribution in [0.4, 0.5) is 0 Å². The van der Waals surface area contributed by atoms with Crippen molar-refractivity contribution in [1.82, 2.24) is 9.88 Å². The van der Waals surface area contributed by atoms with E-state index in [-0.39, 0.29) is 6.29 Å². The predicted octanol–water partition coefficient (Wildman–Crippen LogP) is 1.80. The third-order valence-electron chi connectivity index (χ3n) is 3.28. The Balaban J connectivity index is 1.60. The fourth-order valence-corrected chi connectivity index (χ4v) is 3.60. The van der Waals surface area contributed by atoms with Crippen molar-refractivity contribution in [1.29, 1.82) is 0 Å². The molecule has 2 atom stereocenters. The zero-order valence-corrected chi connectivity index (χ0v) is 12.2. The van der Waals surface area contributed by atoms with Crippen molar-refractivity contribution in [2.45, 2.75) is 38.9 Å². The van der Waals surface area contributed by atoms with E-state index in [9.17, 15) is 0 Å². The topological polar surface area (TPSA) is 43.8 Å². The molecule has 2 aliphatic rings. The highest BCUT2D eigenvalue weighted by atomic mass is 32.1. The summed E-state index contributed by atoms with van der Waals surface area (Å²) < 4.78 is 16.7. The van der Waals surface area contributed by atoms with Crippen LogP contribution < -0.4 is 0 Å². The van der Waals surface area contributed by atoms with Crippen molar-refractivity contribution in [3.63, 3.8) is 0 Å². The number of ether oxygens (including phenoxy) is 3. The molecule has 3 rings (SSSR count). The first kappa shape index (κ1) is 13.5. The van der Waals surface area contributed by atoms with Crippen LogP contribution in [0.15, 0.2) is 6.20 Å². The average molecular weight is 284 g/mol. The van der Waals surface area contributed by atoms with Crippen molar-refractivity contribution in [3.8, 4) is 0 Å². The van der Waals surface area contributed by atoms with Crippen LogP contribution in [0.2, 0.25) is 0 Å². The maximum Gasteiger partial charge on any atom is 0.194 e. The van der Waals surface area contributed by atoms with E-state index in [1.54, 1.807) is 11.3 Å². The molecule has 2 aliphatic heterocycles. The molecule has 0 bridgehead atoms. The van der Waals surface area contributed by atoms with Crippen molar-refractivity contribution in [2.75, 3.05) is 26.3 Å². The van der Waals surface area contributed by atoms with Crippen molar-refractivity contribution >= 4 is 11.3 Å². The smallest absolute Gasteiger partial charge is 0.194 e. The summed E-state index contributed by atoms with van der Waals surface area (Å²) in [5.74, 6) is 0. The Morgan fingerprint density at radius 1 is 1.26 bits per heavy atom. The van der Waals surface area contributed by atoms with E-state index in [0.29, 0.717) is 25.4 Å². The van der Waals surface area contributed by atoms with Gasteiger partial charge in [-0.25, -0.2) is 4.98 Å². The highest BCUT2D eigenvalue weighted by molar-refractivity contribution is 7.11. The standard InChI is InChI=1S/C13H20N2O3S/c1-9-6-15(7-10(2)18-9)8-12-14-5-11(19-12)13-16-3-4-17-13/h5,9-10,13H,3-4,6-8H2,1-2H3. The SMILES string of the molecule is CC1CN(Cc2ncc(C3OCCO3)s2)CC(C)O1. The Labute approximate surface area is 117 Å².